The predicted octanol–water partition coefficient (Wildman–Crippen LogP) is 2.39. The smallest absolute Gasteiger partial charge is 0.214 e. The van der Waals surface area contributed by atoms with Crippen LogP contribution in [0.3, 0.4) is 0 Å². The van der Waals surface area contributed by atoms with Gasteiger partial charge in [0.1, 0.15) is 10.7 Å². The van der Waals surface area contributed by atoms with Crippen molar-refractivity contribution in [2.75, 3.05) is 7.05 Å². The van der Waals surface area contributed by atoms with E-state index in [1.54, 1.807) is 0 Å². The topological polar surface area (TPSA) is 46.2 Å². The van der Waals surface area contributed by atoms with Crippen molar-refractivity contribution in [3.63, 3.8) is 0 Å². The van der Waals surface area contributed by atoms with Gasteiger partial charge in [0.05, 0.1) is 0 Å². The van der Waals surface area contributed by atoms with Gasteiger partial charge in [-0.25, -0.2) is 17.5 Å². The summed E-state index contributed by atoms with van der Waals surface area (Å²) in [7, 11) is -2.54. The van der Waals surface area contributed by atoms with Crippen molar-refractivity contribution in [3.8, 4) is 0 Å². The van der Waals surface area contributed by atoms with E-state index in [4.69, 9.17) is 0 Å². The van der Waals surface area contributed by atoms with Crippen LogP contribution in [-0.4, -0.2) is 15.5 Å². The van der Waals surface area contributed by atoms with Crippen molar-refractivity contribution in [2.24, 2.45) is 0 Å². The van der Waals surface area contributed by atoms with E-state index in [1.807, 2.05) is 0 Å². The number of benzene rings is 1. The lowest BCUT2D eigenvalue weighted by Gasteiger charge is -2.10. The Balaban J connectivity index is 3.59. The Morgan fingerprint density at radius 1 is 1.47 bits per heavy atom. The number of alkyl halides is 1. The minimum atomic E-state index is -3.78. The zero-order valence-electron chi connectivity index (χ0n) is 7.72. The van der Waals surface area contributed by atoms with E-state index in [9.17, 15) is 12.8 Å². The highest BCUT2D eigenvalue weighted by Crippen LogP contribution is 2.28. The van der Waals surface area contributed by atoms with Gasteiger partial charge in [0, 0.05) is 9.80 Å². The molecule has 0 spiro atoms. The SMILES string of the molecule is CNS(=O)(=O)c1c(F)ccc(Br)c1CBr. The summed E-state index contributed by atoms with van der Waals surface area (Å²) in [5.41, 5.74) is 0.365. The molecule has 0 aliphatic heterocycles. The fraction of sp³-hybridized carbons (Fsp3) is 0.250. The molecule has 1 aromatic rings. The van der Waals surface area contributed by atoms with E-state index in [0.29, 0.717) is 10.0 Å². The van der Waals surface area contributed by atoms with E-state index in [1.165, 1.54) is 13.1 Å². The summed E-state index contributed by atoms with van der Waals surface area (Å²) >= 11 is 6.30. The van der Waals surface area contributed by atoms with Crippen LogP contribution in [0.25, 0.3) is 0 Å². The molecule has 0 bridgehead atoms. The molecular weight excluding hydrogens is 353 g/mol. The second-order valence-electron chi connectivity index (χ2n) is 2.68. The molecule has 1 N–H and O–H groups in total. The predicted molar refractivity (Wildman–Crippen MR) is 63.0 cm³/mol. The van der Waals surface area contributed by atoms with Gasteiger partial charge in [-0.05, 0) is 24.7 Å². The first-order chi connectivity index (χ1) is 6.94. The lowest BCUT2D eigenvalue weighted by molar-refractivity contribution is 0.558. The third-order valence-electron chi connectivity index (χ3n) is 1.83. The summed E-state index contributed by atoms with van der Waals surface area (Å²) in [5, 5.41) is 0.252. The van der Waals surface area contributed by atoms with Gasteiger partial charge < -0.3 is 0 Å². The van der Waals surface area contributed by atoms with Gasteiger partial charge in [0.25, 0.3) is 0 Å². The Morgan fingerprint density at radius 3 is 2.53 bits per heavy atom. The van der Waals surface area contributed by atoms with Gasteiger partial charge in [0.15, 0.2) is 0 Å². The van der Waals surface area contributed by atoms with E-state index in [0.717, 1.165) is 6.07 Å². The van der Waals surface area contributed by atoms with Crippen LogP contribution >= 0.6 is 31.9 Å². The van der Waals surface area contributed by atoms with Crippen molar-refractivity contribution in [1.29, 1.82) is 0 Å². The van der Waals surface area contributed by atoms with Crippen LogP contribution in [0, 0.1) is 5.82 Å². The molecule has 0 aromatic heterocycles. The second-order valence-corrected chi connectivity index (χ2v) is 5.92. The van der Waals surface area contributed by atoms with E-state index in [-0.39, 0.29) is 10.2 Å². The molecule has 3 nitrogen and oxygen atoms in total. The molecule has 0 saturated heterocycles. The first-order valence-corrected chi connectivity index (χ1v) is 7.30. The molecule has 0 aliphatic rings. The molecule has 0 radical (unpaired) electrons. The number of hydrogen-bond acceptors (Lipinski definition) is 2. The third kappa shape index (κ3) is 2.58. The number of rotatable bonds is 3. The Labute approximate surface area is 104 Å². The van der Waals surface area contributed by atoms with Crippen LogP contribution in [0.5, 0.6) is 0 Å². The number of nitrogens with one attached hydrogen (secondary N) is 1. The second kappa shape index (κ2) is 4.90. The Morgan fingerprint density at radius 2 is 2.07 bits per heavy atom. The van der Waals surface area contributed by atoms with Gasteiger partial charge in [0.2, 0.25) is 10.0 Å². The molecule has 0 amide bonds. The van der Waals surface area contributed by atoms with E-state index in [2.05, 4.69) is 36.6 Å². The first kappa shape index (κ1) is 13.1. The standard InChI is InChI=1S/C8H8Br2FNO2S/c1-12-15(13,14)8-5(4-9)6(10)2-3-7(8)11/h2-3,12H,4H2,1H3. The van der Waals surface area contributed by atoms with Crippen molar-refractivity contribution >= 4 is 41.9 Å². The van der Waals surface area contributed by atoms with Crippen LogP contribution in [-0.2, 0) is 15.4 Å². The van der Waals surface area contributed by atoms with Crippen molar-refractivity contribution in [1.82, 2.24) is 4.72 Å². The lowest BCUT2D eigenvalue weighted by Crippen LogP contribution is -2.21. The maximum absolute atomic E-state index is 13.4. The molecule has 1 aromatic carbocycles. The minimum Gasteiger partial charge on any atom is -0.214 e. The highest BCUT2D eigenvalue weighted by atomic mass is 79.9. The molecule has 0 saturated carbocycles. The average Bonchev–Trinajstić information content (AvgIpc) is 2.20. The molecule has 1 rings (SSSR count). The molecule has 0 fully saturated rings. The monoisotopic (exact) mass is 359 g/mol. The Kier molecular flexibility index (Phi) is 4.28. The van der Waals surface area contributed by atoms with Crippen LogP contribution in [0.2, 0.25) is 0 Å². The lowest BCUT2D eigenvalue weighted by atomic mass is 10.2. The van der Waals surface area contributed by atoms with Crippen molar-refractivity contribution < 1.29 is 12.8 Å². The van der Waals surface area contributed by atoms with Gasteiger partial charge in [-0.15, -0.1) is 0 Å². The Hall–Kier alpha value is 0.0200. The third-order valence-corrected chi connectivity index (χ3v) is 4.65. The summed E-state index contributed by atoms with van der Waals surface area (Å²) in [4.78, 5) is -0.323. The molecular formula is C8H8Br2FNO2S. The normalized spacial score (nSPS) is 11.7. The van der Waals surface area contributed by atoms with E-state index < -0.39 is 15.8 Å². The molecule has 0 atom stereocenters. The maximum atomic E-state index is 13.4. The number of hydrogen-bond donors (Lipinski definition) is 1. The van der Waals surface area contributed by atoms with Crippen molar-refractivity contribution in [2.45, 2.75) is 10.2 Å². The number of sulfonamides is 1. The zero-order valence-corrected chi connectivity index (χ0v) is 11.7. The summed E-state index contributed by atoms with van der Waals surface area (Å²) in [6.07, 6.45) is 0. The quantitative estimate of drug-likeness (QED) is 0.841. The van der Waals surface area contributed by atoms with Crippen LogP contribution in [0.1, 0.15) is 5.56 Å². The molecule has 7 heteroatoms. The maximum Gasteiger partial charge on any atom is 0.243 e. The summed E-state index contributed by atoms with van der Waals surface area (Å²) in [5.74, 6) is -0.762. The fourth-order valence-electron chi connectivity index (χ4n) is 1.09. The molecule has 15 heavy (non-hydrogen) atoms. The highest BCUT2D eigenvalue weighted by molar-refractivity contribution is 9.10. The average molecular weight is 361 g/mol. The minimum absolute atomic E-state index is 0.252. The van der Waals surface area contributed by atoms with Crippen LogP contribution < -0.4 is 4.72 Å². The van der Waals surface area contributed by atoms with E-state index >= 15 is 0 Å². The van der Waals surface area contributed by atoms with Gasteiger partial charge in [-0.3, -0.25) is 0 Å². The number of halogens is 3. The summed E-state index contributed by atoms with van der Waals surface area (Å²) < 4.78 is 39.2. The molecule has 0 heterocycles. The summed E-state index contributed by atoms with van der Waals surface area (Å²) in [6.45, 7) is 0. The van der Waals surface area contributed by atoms with Gasteiger partial charge >= 0.3 is 0 Å². The van der Waals surface area contributed by atoms with Crippen LogP contribution in [0.15, 0.2) is 21.5 Å². The highest BCUT2D eigenvalue weighted by Gasteiger charge is 2.22. The molecule has 0 unspecified atom stereocenters. The van der Waals surface area contributed by atoms with Gasteiger partial charge in [-0.1, -0.05) is 31.9 Å². The van der Waals surface area contributed by atoms with Crippen molar-refractivity contribution in [3.05, 3.63) is 28.0 Å². The Bertz CT molecular complexity index is 476. The summed E-state index contributed by atoms with van der Waals surface area (Å²) in [6, 6.07) is 2.58. The largest absolute Gasteiger partial charge is 0.243 e. The fourth-order valence-corrected chi connectivity index (χ4v) is 3.87. The molecule has 0 aliphatic carbocycles. The van der Waals surface area contributed by atoms with Gasteiger partial charge in [-0.2, -0.15) is 0 Å². The first-order valence-electron chi connectivity index (χ1n) is 3.90. The van der Waals surface area contributed by atoms with Crippen LogP contribution in [0.4, 0.5) is 4.39 Å². The molecule has 84 valence electrons. The zero-order chi connectivity index (χ0) is 11.6.